The molecule has 0 spiro atoms. The van der Waals surface area contributed by atoms with Crippen LogP contribution >= 0.6 is 0 Å². The standard InChI is InChI=1S/C20H22N2O2/c23-19-11-12-22(15-17-9-5-2-6-10-17)20(19)18(14-21(22)24)13-16-7-3-1-4-8-16/h1-10,18,20H,11-15H2/q+2. The van der Waals surface area contributed by atoms with Gasteiger partial charge in [-0.25, -0.2) is 0 Å². The predicted molar refractivity (Wildman–Crippen MR) is 90.8 cm³/mol. The Balaban J connectivity index is 1.64. The molecule has 2 saturated heterocycles. The summed E-state index contributed by atoms with van der Waals surface area (Å²) in [5, 5.41) is 0. The van der Waals surface area contributed by atoms with Crippen molar-refractivity contribution in [2.24, 2.45) is 5.92 Å². The number of fused-ring (bicyclic) bond motifs is 1. The molecule has 3 atom stereocenters. The average molecular weight is 322 g/mol. The molecule has 0 amide bonds. The summed E-state index contributed by atoms with van der Waals surface area (Å²) in [5.74, 6) is 0.355. The number of hydrogen-bond donors (Lipinski definition) is 0. The minimum Gasteiger partial charge on any atom is -0.293 e. The van der Waals surface area contributed by atoms with Crippen LogP contribution in [-0.2, 0) is 17.8 Å². The molecule has 4 nitrogen and oxygen atoms in total. The van der Waals surface area contributed by atoms with Gasteiger partial charge in [-0.05, 0) is 16.6 Å². The molecule has 4 heteroatoms. The summed E-state index contributed by atoms with van der Waals surface area (Å²) < 4.78 is 0.264. The zero-order valence-electron chi connectivity index (χ0n) is 13.7. The van der Waals surface area contributed by atoms with E-state index < -0.39 is 0 Å². The highest BCUT2D eigenvalue weighted by Crippen LogP contribution is 2.39. The summed E-state index contributed by atoms with van der Waals surface area (Å²) in [7, 11) is 0. The Morgan fingerprint density at radius 1 is 0.958 bits per heavy atom. The summed E-state index contributed by atoms with van der Waals surface area (Å²) in [6.45, 7) is 1.69. The molecule has 2 fully saturated rings. The van der Waals surface area contributed by atoms with E-state index in [1.165, 1.54) is 10.4 Å². The predicted octanol–water partition coefficient (Wildman–Crippen LogP) is 2.91. The van der Waals surface area contributed by atoms with Crippen molar-refractivity contribution < 1.29 is 14.3 Å². The molecule has 0 N–H and O–H groups in total. The van der Waals surface area contributed by atoms with Crippen LogP contribution in [0.4, 0.5) is 0 Å². The van der Waals surface area contributed by atoms with E-state index in [0.717, 1.165) is 12.0 Å². The zero-order chi connectivity index (χ0) is 16.6. The van der Waals surface area contributed by atoms with Crippen molar-refractivity contribution in [1.82, 2.24) is 0 Å². The highest BCUT2D eigenvalue weighted by Gasteiger charge is 2.68. The molecule has 0 aromatic heterocycles. The van der Waals surface area contributed by atoms with E-state index >= 15 is 0 Å². The van der Waals surface area contributed by atoms with E-state index in [4.69, 9.17) is 0 Å². The first-order valence-electron chi connectivity index (χ1n) is 8.61. The van der Waals surface area contributed by atoms with Crippen LogP contribution in [0.15, 0.2) is 60.7 Å². The van der Waals surface area contributed by atoms with E-state index in [1.807, 2.05) is 48.5 Å². The molecule has 4 rings (SSSR count). The second-order valence-corrected chi connectivity index (χ2v) is 7.00. The number of nitroso groups, excluding NO2 is 1. The lowest BCUT2D eigenvalue weighted by Crippen LogP contribution is -2.53. The number of carbonyl (C=O) groups is 1. The van der Waals surface area contributed by atoms with Gasteiger partial charge in [0.15, 0.2) is 11.4 Å². The Bertz CT molecular complexity index is 760. The van der Waals surface area contributed by atoms with Gasteiger partial charge in [0, 0.05) is 5.56 Å². The summed E-state index contributed by atoms with van der Waals surface area (Å²) in [6.07, 6.45) is 1.31. The lowest BCUT2D eigenvalue weighted by Gasteiger charge is -2.23. The molecular formula is C20H22N2O2+2. The van der Waals surface area contributed by atoms with Gasteiger partial charge < -0.3 is 0 Å². The third-order valence-corrected chi connectivity index (χ3v) is 5.51. The average Bonchev–Trinajstić information content (AvgIpc) is 3.06. The van der Waals surface area contributed by atoms with E-state index in [-0.39, 0.29) is 22.3 Å². The number of carbonyl (C=O) groups excluding carboxylic acids is 1. The van der Waals surface area contributed by atoms with Crippen molar-refractivity contribution in [3.8, 4) is 0 Å². The van der Waals surface area contributed by atoms with Gasteiger partial charge in [0.1, 0.15) is 6.54 Å². The number of hydrogen-bond acceptors (Lipinski definition) is 2. The fourth-order valence-electron chi connectivity index (χ4n) is 4.48. The Kier molecular flexibility index (Phi) is 3.77. The van der Waals surface area contributed by atoms with Crippen molar-refractivity contribution in [3.63, 3.8) is 0 Å². The number of benzene rings is 2. The van der Waals surface area contributed by atoms with Crippen molar-refractivity contribution in [2.75, 3.05) is 13.1 Å². The van der Waals surface area contributed by atoms with Gasteiger partial charge in [0.2, 0.25) is 11.8 Å². The fourth-order valence-corrected chi connectivity index (χ4v) is 4.48. The largest absolute Gasteiger partial charge is 0.293 e. The quantitative estimate of drug-likeness (QED) is 0.641. The van der Waals surface area contributed by atoms with E-state index in [9.17, 15) is 9.70 Å². The maximum Gasteiger partial charge on any atom is 0.264 e. The van der Waals surface area contributed by atoms with Crippen molar-refractivity contribution >= 4 is 5.78 Å². The van der Waals surface area contributed by atoms with Gasteiger partial charge in [-0.1, -0.05) is 60.7 Å². The topological polar surface area (TPSA) is 37.1 Å². The molecule has 0 aliphatic carbocycles. The van der Waals surface area contributed by atoms with Crippen LogP contribution in [0.25, 0.3) is 0 Å². The minimum atomic E-state index is -0.192. The molecular weight excluding hydrogens is 300 g/mol. The maximum absolute atomic E-state index is 12.9. The molecule has 2 aliphatic rings. The Morgan fingerprint density at radius 3 is 2.25 bits per heavy atom. The number of quaternary nitrogens is 1. The first-order chi connectivity index (χ1) is 11.7. The summed E-state index contributed by atoms with van der Waals surface area (Å²) >= 11 is 0. The number of Topliss-reactive ketones (excluding diaryl/α,β-unsaturated/α-hetero) is 1. The first kappa shape index (κ1) is 15.2. The highest BCUT2D eigenvalue weighted by atomic mass is 16.3. The Morgan fingerprint density at radius 2 is 1.58 bits per heavy atom. The lowest BCUT2D eigenvalue weighted by molar-refractivity contribution is -1.33. The summed E-state index contributed by atoms with van der Waals surface area (Å²) in [6, 6.07) is 20.1. The molecule has 0 saturated carbocycles. The van der Waals surface area contributed by atoms with Crippen LogP contribution in [0.5, 0.6) is 0 Å². The van der Waals surface area contributed by atoms with E-state index in [2.05, 4.69) is 12.1 Å². The molecule has 2 aliphatic heterocycles. The molecule has 2 aromatic rings. The Hall–Kier alpha value is -2.33. The van der Waals surface area contributed by atoms with Crippen LogP contribution in [0.3, 0.4) is 0 Å². The normalized spacial score (nSPS) is 29.0. The van der Waals surface area contributed by atoms with E-state index in [0.29, 0.717) is 26.1 Å². The van der Waals surface area contributed by atoms with Gasteiger partial charge in [-0.15, -0.1) is 0 Å². The van der Waals surface area contributed by atoms with Gasteiger partial charge >= 0.3 is 0 Å². The monoisotopic (exact) mass is 322 g/mol. The maximum atomic E-state index is 12.9. The second-order valence-electron chi connectivity index (χ2n) is 7.00. The second kappa shape index (κ2) is 5.95. The number of ketones is 1. The number of rotatable bonds is 4. The SMILES string of the molecule is O=C1CC[N+]2(Cc3ccccc3)C1C(Cc1ccccc1)C[N+]2=O. The van der Waals surface area contributed by atoms with Gasteiger partial charge in [-0.2, -0.15) is 0 Å². The smallest absolute Gasteiger partial charge is 0.264 e. The summed E-state index contributed by atoms with van der Waals surface area (Å²) in [5.41, 5.74) is 2.33. The Labute approximate surface area is 141 Å². The van der Waals surface area contributed by atoms with Gasteiger partial charge in [-0.3, -0.25) is 4.79 Å². The third-order valence-electron chi connectivity index (χ3n) is 5.51. The van der Waals surface area contributed by atoms with Crippen LogP contribution in [0.1, 0.15) is 17.5 Å². The van der Waals surface area contributed by atoms with Crippen molar-refractivity contribution in [2.45, 2.75) is 25.4 Å². The van der Waals surface area contributed by atoms with E-state index in [1.54, 1.807) is 0 Å². The van der Waals surface area contributed by atoms with Crippen LogP contribution in [0, 0.1) is 10.8 Å². The molecule has 3 unspecified atom stereocenters. The molecule has 2 heterocycles. The molecule has 24 heavy (non-hydrogen) atoms. The highest BCUT2D eigenvalue weighted by molar-refractivity contribution is 5.85. The molecule has 0 radical (unpaired) electrons. The third kappa shape index (κ3) is 2.47. The lowest BCUT2D eigenvalue weighted by atomic mass is 9.91. The van der Waals surface area contributed by atoms with Gasteiger partial charge in [0.05, 0.1) is 17.2 Å². The minimum absolute atomic E-state index is 0.101. The molecule has 122 valence electrons. The first-order valence-corrected chi connectivity index (χ1v) is 8.61. The zero-order valence-corrected chi connectivity index (χ0v) is 13.7. The van der Waals surface area contributed by atoms with Crippen molar-refractivity contribution in [3.05, 3.63) is 76.7 Å². The van der Waals surface area contributed by atoms with Gasteiger partial charge in [0.25, 0.3) is 6.54 Å². The molecule has 2 aromatic carbocycles. The van der Waals surface area contributed by atoms with Crippen molar-refractivity contribution in [1.29, 1.82) is 0 Å². The van der Waals surface area contributed by atoms with Crippen LogP contribution in [-0.4, -0.2) is 34.4 Å². The number of nitrogens with zero attached hydrogens (tertiary/aromatic N) is 2. The molecule has 0 bridgehead atoms. The summed E-state index contributed by atoms with van der Waals surface area (Å²) in [4.78, 5) is 26.7. The van der Waals surface area contributed by atoms with Crippen LogP contribution in [0.2, 0.25) is 0 Å². The fraction of sp³-hybridized carbons (Fsp3) is 0.350. The van der Waals surface area contributed by atoms with Crippen LogP contribution < -0.4 is 0 Å².